The number of ether oxygens (including phenoxy) is 5. The summed E-state index contributed by atoms with van der Waals surface area (Å²) in [7, 11) is 0. The highest BCUT2D eigenvalue weighted by atomic mass is 16.8. The van der Waals surface area contributed by atoms with Crippen LogP contribution in [0.2, 0.25) is 0 Å². The third kappa shape index (κ3) is 10.2. The second-order valence-electron chi connectivity index (χ2n) is 7.69. The van der Waals surface area contributed by atoms with Crippen molar-refractivity contribution in [1.29, 1.82) is 0 Å². The first kappa shape index (κ1) is 23.8. The van der Waals surface area contributed by atoms with Gasteiger partial charge in [-0.3, -0.25) is 0 Å². The van der Waals surface area contributed by atoms with Gasteiger partial charge in [-0.2, -0.15) is 0 Å². The van der Waals surface area contributed by atoms with Crippen LogP contribution in [-0.4, -0.2) is 55.1 Å². The van der Waals surface area contributed by atoms with E-state index in [1.807, 2.05) is 27.7 Å². The standard InChI is InChI=1S/C19H32O9/c1-12(2)7-9-24-18(22)27-15-6-5-14(26-17(20)21)11-16(15)28-19(23)25-10-8-13(3)4/h12-16H,5-11H2,1-4H3,(H,20,21). The summed E-state index contributed by atoms with van der Waals surface area (Å²) in [4.78, 5) is 34.6. The molecule has 0 spiro atoms. The van der Waals surface area contributed by atoms with E-state index in [1.165, 1.54) is 0 Å². The van der Waals surface area contributed by atoms with E-state index in [9.17, 15) is 14.4 Å². The van der Waals surface area contributed by atoms with Gasteiger partial charge in [0.2, 0.25) is 0 Å². The first-order valence-corrected chi connectivity index (χ1v) is 9.73. The van der Waals surface area contributed by atoms with Crippen LogP contribution in [0.25, 0.3) is 0 Å². The Morgan fingerprint density at radius 3 is 1.79 bits per heavy atom. The van der Waals surface area contributed by atoms with E-state index in [4.69, 9.17) is 28.8 Å². The van der Waals surface area contributed by atoms with Crippen LogP contribution in [0.15, 0.2) is 0 Å². The van der Waals surface area contributed by atoms with E-state index in [-0.39, 0.29) is 26.1 Å². The number of carbonyl (C=O) groups excluding carboxylic acids is 2. The predicted molar refractivity (Wildman–Crippen MR) is 98.1 cm³/mol. The zero-order valence-electron chi connectivity index (χ0n) is 17.0. The molecule has 0 saturated heterocycles. The molecule has 162 valence electrons. The number of hydrogen-bond acceptors (Lipinski definition) is 8. The van der Waals surface area contributed by atoms with Crippen LogP contribution in [0.5, 0.6) is 0 Å². The Morgan fingerprint density at radius 1 is 0.821 bits per heavy atom. The van der Waals surface area contributed by atoms with Gasteiger partial charge in [-0.1, -0.05) is 27.7 Å². The summed E-state index contributed by atoms with van der Waals surface area (Å²) in [5.41, 5.74) is 0. The molecule has 0 aromatic heterocycles. The van der Waals surface area contributed by atoms with Gasteiger partial charge in [-0.25, -0.2) is 14.4 Å². The Hall–Kier alpha value is -2.19. The van der Waals surface area contributed by atoms with E-state index in [0.29, 0.717) is 31.1 Å². The zero-order chi connectivity index (χ0) is 21.1. The lowest BCUT2D eigenvalue weighted by atomic mass is 9.92. The topological polar surface area (TPSA) is 118 Å². The molecule has 3 atom stereocenters. The number of hydrogen-bond donors (Lipinski definition) is 1. The number of rotatable bonds is 9. The quantitative estimate of drug-likeness (QED) is 0.441. The fourth-order valence-electron chi connectivity index (χ4n) is 2.64. The minimum atomic E-state index is -1.41. The van der Waals surface area contributed by atoms with Crippen molar-refractivity contribution in [3.05, 3.63) is 0 Å². The van der Waals surface area contributed by atoms with Gasteiger partial charge in [0.25, 0.3) is 0 Å². The van der Waals surface area contributed by atoms with Crippen molar-refractivity contribution in [3.63, 3.8) is 0 Å². The molecule has 9 nitrogen and oxygen atoms in total. The predicted octanol–water partition coefficient (Wildman–Crippen LogP) is 4.37. The summed E-state index contributed by atoms with van der Waals surface area (Å²) >= 11 is 0. The Kier molecular flexibility index (Phi) is 10.5. The Bertz CT molecular complexity index is 504. The maximum absolute atomic E-state index is 11.9. The SMILES string of the molecule is CC(C)CCOC(=O)OC1CCC(OC(=O)O)CC1OC(=O)OCCC(C)C. The van der Waals surface area contributed by atoms with Gasteiger partial charge in [0.1, 0.15) is 18.3 Å². The maximum atomic E-state index is 11.9. The highest BCUT2D eigenvalue weighted by Crippen LogP contribution is 2.27. The van der Waals surface area contributed by atoms with Gasteiger partial charge >= 0.3 is 18.5 Å². The second kappa shape index (κ2) is 12.3. The lowest BCUT2D eigenvalue weighted by Gasteiger charge is -2.33. The normalized spacial score (nSPS) is 21.9. The van der Waals surface area contributed by atoms with Crippen LogP contribution < -0.4 is 0 Å². The number of carboxylic acid groups (broad SMARTS) is 1. The lowest BCUT2D eigenvalue weighted by Crippen LogP contribution is -2.43. The summed E-state index contributed by atoms with van der Waals surface area (Å²) in [5.74, 6) is 0.751. The molecule has 1 rings (SSSR count). The Balaban J connectivity index is 2.59. The summed E-state index contributed by atoms with van der Waals surface area (Å²) in [6, 6.07) is 0. The lowest BCUT2D eigenvalue weighted by molar-refractivity contribution is -0.0966. The first-order valence-electron chi connectivity index (χ1n) is 9.73. The highest BCUT2D eigenvalue weighted by Gasteiger charge is 2.38. The molecule has 0 aliphatic heterocycles. The summed E-state index contributed by atoms with van der Waals surface area (Å²) in [5, 5.41) is 8.80. The second-order valence-corrected chi connectivity index (χ2v) is 7.69. The molecule has 0 aromatic rings. The minimum Gasteiger partial charge on any atom is -0.450 e. The Labute approximate surface area is 165 Å². The molecule has 1 saturated carbocycles. The largest absolute Gasteiger partial charge is 0.508 e. The molecule has 1 aliphatic carbocycles. The summed E-state index contributed by atoms with van der Waals surface area (Å²) < 4.78 is 25.4. The molecule has 0 amide bonds. The van der Waals surface area contributed by atoms with Crippen molar-refractivity contribution >= 4 is 18.5 Å². The van der Waals surface area contributed by atoms with Crippen molar-refractivity contribution in [2.24, 2.45) is 11.8 Å². The maximum Gasteiger partial charge on any atom is 0.508 e. The third-order valence-corrected chi connectivity index (χ3v) is 4.28. The molecule has 0 aromatic carbocycles. The van der Waals surface area contributed by atoms with Crippen LogP contribution in [0.4, 0.5) is 14.4 Å². The molecule has 0 heterocycles. The van der Waals surface area contributed by atoms with Crippen molar-refractivity contribution in [2.75, 3.05) is 13.2 Å². The van der Waals surface area contributed by atoms with Gasteiger partial charge in [-0.05, 0) is 37.5 Å². The molecule has 3 unspecified atom stereocenters. The molecule has 9 heteroatoms. The molecular weight excluding hydrogens is 372 g/mol. The van der Waals surface area contributed by atoms with Crippen LogP contribution in [0, 0.1) is 11.8 Å². The van der Waals surface area contributed by atoms with Gasteiger partial charge in [-0.15, -0.1) is 0 Å². The number of carbonyl (C=O) groups is 3. The zero-order valence-corrected chi connectivity index (χ0v) is 17.0. The summed E-state index contributed by atoms with van der Waals surface area (Å²) in [6.45, 7) is 8.45. The van der Waals surface area contributed by atoms with Crippen LogP contribution in [0.3, 0.4) is 0 Å². The molecule has 1 aliphatic rings. The van der Waals surface area contributed by atoms with Gasteiger partial charge < -0.3 is 28.8 Å². The van der Waals surface area contributed by atoms with Crippen LogP contribution in [-0.2, 0) is 23.7 Å². The molecular formula is C19H32O9. The van der Waals surface area contributed by atoms with E-state index >= 15 is 0 Å². The fourth-order valence-corrected chi connectivity index (χ4v) is 2.64. The van der Waals surface area contributed by atoms with E-state index < -0.39 is 36.8 Å². The first-order chi connectivity index (χ1) is 13.2. The Morgan fingerprint density at radius 2 is 1.32 bits per heavy atom. The molecule has 0 radical (unpaired) electrons. The van der Waals surface area contributed by atoms with E-state index in [0.717, 1.165) is 0 Å². The fraction of sp³-hybridized carbons (Fsp3) is 0.842. The highest BCUT2D eigenvalue weighted by molar-refractivity contribution is 5.61. The summed E-state index contributed by atoms with van der Waals surface area (Å²) in [6.07, 6.45) is -3.31. The molecule has 1 fully saturated rings. The van der Waals surface area contributed by atoms with E-state index in [1.54, 1.807) is 0 Å². The minimum absolute atomic E-state index is 0.0789. The van der Waals surface area contributed by atoms with Crippen molar-refractivity contribution in [1.82, 2.24) is 0 Å². The molecule has 28 heavy (non-hydrogen) atoms. The average molecular weight is 404 g/mol. The van der Waals surface area contributed by atoms with Crippen LogP contribution in [0.1, 0.15) is 59.8 Å². The van der Waals surface area contributed by atoms with Gasteiger partial charge in [0, 0.05) is 6.42 Å². The smallest absolute Gasteiger partial charge is 0.450 e. The van der Waals surface area contributed by atoms with Crippen molar-refractivity contribution in [3.8, 4) is 0 Å². The van der Waals surface area contributed by atoms with Gasteiger partial charge in [0.05, 0.1) is 13.2 Å². The van der Waals surface area contributed by atoms with Crippen molar-refractivity contribution < 1.29 is 43.2 Å². The monoisotopic (exact) mass is 404 g/mol. The van der Waals surface area contributed by atoms with Gasteiger partial charge in [0.15, 0.2) is 0 Å². The van der Waals surface area contributed by atoms with E-state index in [2.05, 4.69) is 0 Å². The average Bonchev–Trinajstić information content (AvgIpc) is 2.56. The van der Waals surface area contributed by atoms with Crippen LogP contribution >= 0.6 is 0 Å². The molecule has 1 N–H and O–H groups in total. The third-order valence-electron chi connectivity index (χ3n) is 4.28. The van der Waals surface area contributed by atoms with Crippen molar-refractivity contribution in [2.45, 2.75) is 78.1 Å². The molecule has 0 bridgehead atoms.